The van der Waals surface area contributed by atoms with Crippen LogP contribution in [0.25, 0.3) is 6.08 Å². The quantitative estimate of drug-likeness (QED) is 0.803. The van der Waals surface area contributed by atoms with Gasteiger partial charge in [-0.25, -0.2) is 0 Å². The second kappa shape index (κ2) is 5.75. The van der Waals surface area contributed by atoms with Crippen LogP contribution in [0.15, 0.2) is 60.7 Å². The zero-order chi connectivity index (χ0) is 14.7. The van der Waals surface area contributed by atoms with E-state index < -0.39 is 0 Å². The van der Waals surface area contributed by atoms with Crippen LogP contribution in [0, 0.1) is 0 Å². The van der Waals surface area contributed by atoms with Gasteiger partial charge in [-0.2, -0.15) is 0 Å². The number of amides is 2. The van der Waals surface area contributed by atoms with Gasteiger partial charge in [0.05, 0.1) is 11.1 Å². The predicted molar refractivity (Wildman–Crippen MR) is 81.9 cm³/mol. The van der Waals surface area contributed by atoms with E-state index in [9.17, 15) is 9.59 Å². The highest BCUT2D eigenvalue weighted by molar-refractivity contribution is 6.21. The second-order valence-corrected chi connectivity index (χ2v) is 4.91. The minimum atomic E-state index is -0.191. The van der Waals surface area contributed by atoms with E-state index in [2.05, 4.69) is 0 Å². The summed E-state index contributed by atoms with van der Waals surface area (Å²) in [5, 5.41) is 0. The Balaban J connectivity index is 1.64. The SMILES string of the molecule is O=C1c2ccccc2C(=O)N1CCC=Cc1ccccc1. The highest BCUT2D eigenvalue weighted by Gasteiger charge is 2.34. The maximum absolute atomic E-state index is 12.2. The molecule has 0 saturated carbocycles. The van der Waals surface area contributed by atoms with Gasteiger partial charge in [-0.05, 0) is 24.1 Å². The van der Waals surface area contributed by atoms with Crippen LogP contribution in [0.5, 0.6) is 0 Å². The highest BCUT2D eigenvalue weighted by Crippen LogP contribution is 2.22. The van der Waals surface area contributed by atoms with E-state index in [0.717, 1.165) is 5.56 Å². The van der Waals surface area contributed by atoms with Crippen molar-refractivity contribution in [2.75, 3.05) is 6.54 Å². The minimum Gasteiger partial charge on any atom is -0.274 e. The summed E-state index contributed by atoms with van der Waals surface area (Å²) in [5.74, 6) is -0.382. The first kappa shape index (κ1) is 13.3. The molecule has 0 radical (unpaired) electrons. The summed E-state index contributed by atoms with van der Waals surface area (Å²) in [4.78, 5) is 25.6. The Morgan fingerprint density at radius 3 is 2.00 bits per heavy atom. The van der Waals surface area contributed by atoms with Gasteiger partial charge in [0, 0.05) is 6.54 Å². The van der Waals surface area contributed by atoms with Crippen LogP contribution in [0.1, 0.15) is 32.7 Å². The molecule has 2 aromatic rings. The fourth-order valence-corrected chi connectivity index (χ4v) is 2.43. The van der Waals surface area contributed by atoms with Crippen LogP contribution >= 0.6 is 0 Å². The third-order valence-corrected chi connectivity index (χ3v) is 3.51. The Bertz CT molecular complexity index is 669. The predicted octanol–water partition coefficient (Wildman–Crippen LogP) is 3.39. The second-order valence-electron chi connectivity index (χ2n) is 4.91. The number of benzene rings is 2. The summed E-state index contributed by atoms with van der Waals surface area (Å²) in [6.45, 7) is 0.412. The minimum absolute atomic E-state index is 0.191. The van der Waals surface area contributed by atoms with Gasteiger partial charge in [-0.3, -0.25) is 14.5 Å². The molecule has 104 valence electrons. The molecule has 3 rings (SSSR count). The number of imide groups is 1. The lowest BCUT2D eigenvalue weighted by Crippen LogP contribution is -2.30. The van der Waals surface area contributed by atoms with Crippen LogP contribution in [0.2, 0.25) is 0 Å². The Morgan fingerprint density at radius 1 is 0.810 bits per heavy atom. The summed E-state index contributed by atoms with van der Waals surface area (Å²) < 4.78 is 0. The monoisotopic (exact) mass is 277 g/mol. The Hall–Kier alpha value is -2.68. The first-order chi connectivity index (χ1) is 10.3. The third-order valence-electron chi connectivity index (χ3n) is 3.51. The molecule has 0 unspecified atom stereocenters. The van der Waals surface area contributed by atoms with Crippen LogP contribution in [-0.2, 0) is 0 Å². The lowest BCUT2D eigenvalue weighted by molar-refractivity contribution is 0.0657. The first-order valence-corrected chi connectivity index (χ1v) is 6.94. The summed E-state index contributed by atoms with van der Waals surface area (Å²) in [6.07, 6.45) is 4.64. The molecule has 3 nitrogen and oxygen atoms in total. The molecule has 2 aromatic carbocycles. The van der Waals surface area contributed by atoms with Crippen molar-refractivity contribution in [3.05, 3.63) is 77.4 Å². The standard InChI is InChI=1S/C18H15NO2/c20-17-15-11-4-5-12-16(15)18(21)19(17)13-7-6-10-14-8-2-1-3-9-14/h1-6,8-12H,7,13H2. The molecule has 21 heavy (non-hydrogen) atoms. The van der Waals surface area contributed by atoms with Crippen LogP contribution in [-0.4, -0.2) is 23.3 Å². The Morgan fingerprint density at radius 2 is 1.38 bits per heavy atom. The summed E-state index contributed by atoms with van der Waals surface area (Å²) >= 11 is 0. The maximum atomic E-state index is 12.2. The topological polar surface area (TPSA) is 37.4 Å². The molecule has 0 N–H and O–H groups in total. The smallest absolute Gasteiger partial charge is 0.261 e. The van der Waals surface area contributed by atoms with Crippen LogP contribution < -0.4 is 0 Å². The van der Waals surface area contributed by atoms with Gasteiger partial charge in [0.25, 0.3) is 11.8 Å². The molecule has 0 aromatic heterocycles. The number of hydrogen-bond donors (Lipinski definition) is 0. The molecular weight excluding hydrogens is 262 g/mol. The normalized spacial score (nSPS) is 14.0. The molecule has 1 aliphatic heterocycles. The molecule has 1 aliphatic rings. The highest BCUT2D eigenvalue weighted by atomic mass is 16.2. The molecule has 0 bridgehead atoms. The average Bonchev–Trinajstić information content (AvgIpc) is 2.77. The first-order valence-electron chi connectivity index (χ1n) is 6.94. The van der Waals surface area contributed by atoms with Crippen molar-refractivity contribution in [1.29, 1.82) is 0 Å². The van der Waals surface area contributed by atoms with E-state index in [0.29, 0.717) is 24.1 Å². The van der Waals surface area contributed by atoms with E-state index in [-0.39, 0.29) is 11.8 Å². The fraction of sp³-hybridized carbons (Fsp3) is 0.111. The molecule has 0 saturated heterocycles. The number of fused-ring (bicyclic) bond motifs is 1. The van der Waals surface area contributed by atoms with Gasteiger partial charge in [0.15, 0.2) is 0 Å². The van der Waals surface area contributed by atoms with Crippen molar-refractivity contribution in [3.63, 3.8) is 0 Å². The number of carbonyl (C=O) groups excluding carboxylic acids is 2. The maximum Gasteiger partial charge on any atom is 0.261 e. The number of hydrogen-bond acceptors (Lipinski definition) is 2. The van der Waals surface area contributed by atoms with Gasteiger partial charge in [-0.15, -0.1) is 0 Å². The van der Waals surface area contributed by atoms with E-state index in [4.69, 9.17) is 0 Å². The number of carbonyl (C=O) groups is 2. The molecule has 2 amide bonds. The molecule has 0 atom stereocenters. The summed E-state index contributed by atoms with van der Waals surface area (Å²) in [5.41, 5.74) is 2.13. The zero-order valence-electron chi connectivity index (χ0n) is 11.5. The van der Waals surface area contributed by atoms with Crippen LogP contribution in [0.3, 0.4) is 0 Å². The van der Waals surface area contributed by atoms with Crippen LogP contribution in [0.4, 0.5) is 0 Å². The van der Waals surface area contributed by atoms with Gasteiger partial charge in [-0.1, -0.05) is 54.6 Å². The zero-order valence-corrected chi connectivity index (χ0v) is 11.5. The molecule has 0 spiro atoms. The van der Waals surface area contributed by atoms with E-state index >= 15 is 0 Å². The summed E-state index contributed by atoms with van der Waals surface area (Å²) in [6, 6.07) is 16.9. The average molecular weight is 277 g/mol. The van der Waals surface area contributed by atoms with E-state index in [1.807, 2.05) is 42.5 Å². The van der Waals surface area contributed by atoms with Crippen molar-refractivity contribution in [2.24, 2.45) is 0 Å². The molecule has 0 fully saturated rings. The van der Waals surface area contributed by atoms with Gasteiger partial charge < -0.3 is 0 Å². The van der Waals surface area contributed by atoms with Crippen molar-refractivity contribution < 1.29 is 9.59 Å². The molecule has 3 heteroatoms. The van der Waals surface area contributed by atoms with Crippen molar-refractivity contribution in [2.45, 2.75) is 6.42 Å². The lowest BCUT2D eigenvalue weighted by Gasteiger charge is -2.11. The number of nitrogens with zero attached hydrogens (tertiary/aromatic N) is 1. The van der Waals surface area contributed by atoms with E-state index in [1.54, 1.807) is 24.3 Å². The third kappa shape index (κ3) is 2.63. The Labute approximate surface area is 123 Å². The fourth-order valence-electron chi connectivity index (χ4n) is 2.43. The van der Waals surface area contributed by atoms with Gasteiger partial charge in [0.2, 0.25) is 0 Å². The Kier molecular flexibility index (Phi) is 3.65. The van der Waals surface area contributed by atoms with E-state index in [1.165, 1.54) is 4.90 Å². The van der Waals surface area contributed by atoms with Crippen molar-refractivity contribution in [1.82, 2.24) is 4.90 Å². The van der Waals surface area contributed by atoms with Crippen molar-refractivity contribution >= 4 is 17.9 Å². The van der Waals surface area contributed by atoms with Gasteiger partial charge in [0.1, 0.15) is 0 Å². The largest absolute Gasteiger partial charge is 0.274 e. The molecule has 1 heterocycles. The van der Waals surface area contributed by atoms with Gasteiger partial charge >= 0.3 is 0 Å². The number of rotatable bonds is 4. The molecular formula is C18H15NO2. The summed E-state index contributed by atoms with van der Waals surface area (Å²) in [7, 11) is 0. The molecule has 0 aliphatic carbocycles. The van der Waals surface area contributed by atoms with Crippen molar-refractivity contribution in [3.8, 4) is 0 Å². The lowest BCUT2D eigenvalue weighted by atomic mass is 10.1.